The van der Waals surface area contributed by atoms with Crippen LogP contribution in [0.1, 0.15) is 42.2 Å². The Morgan fingerprint density at radius 3 is 2.32 bits per heavy atom. The number of aliphatic hydroxyl groups is 1. The summed E-state index contributed by atoms with van der Waals surface area (Å²) in [5, 5.41) is 15.9. The van der Waals surface area contributed by atoms with Crippen LogP contribution in [0.3, 0.4) is 0 Å². The van der Waals surface area contributed by atoms with Crippen LogP contribution >= 0.6 is 0 Å². The Kier molecular flexibility index (Phi) is 6.15. The maximum atomic E-state index is 12.0. The smallest absolute Gasteiger partial charge is 0.314 e. The molecule has 5 heteroatoms. The molecule has 1 aromatic heterocycles. The average Bonchev–Trinajstić information content (AvgIpc) is 2.58. The summed E-state index contributed by atoms with van der Waals surface area (Å²) in [5.74, 6) is 0. The van der Waals surface area contributed by atoms with Gasteiger partial charge in [-0.05, 0) is 37.1 Å². The quantitative estimate of drug-likeness (QED) is 0.756. The molecule has 0 saturated carbocycles. The van der Waals surface area contributed by atoms with Gasteiger partial charge in [0, 0.05) is 30.9 Å². The topological polar surface area (TPSA) is 74.2 Å². The van der Waals surface area contributed by atoms with Gasteiger partial charge in [-0.25, -0.2) is 4.79 Å². The number of hydrogen-bond donors (Lipinski definition) is 3. The molecule has 0 radical (unpaired) electrons. The van der Waals surface area contributed by atoms with Crippen molar-refractivity contribution in [1.29, 1.82) is 0 Å². The summed E-state index contributed by atoms with van der Waals surface area (Å²) in [4.78, 5) is 16.1. The normalized spacial score (nSPS) is 12.5. The molecule has 1 aromatic carbocycles. The van der Waals surface area contributed by atoms with Crippen LogP contribution in [0.2, 0.25) is 0 Å². The third-order valence-electron chi connectivity index (χ3n) is 4.24. The number of amides is 2. The van der Waals surface area contributed by atoms with Crippen molar-refractivity contribution >= 4 is 6.03 Å². The highest BCUT2D eigenvalue weighted by Crippen LogP contribution is 2.21. The molecule has 5 nitrogen and oxygen atoms in total. The minimum absolute atomic E-state index is 0.171. The van der Waals surface area contributed by atoms with E-state index in [1.807, 2.05) is 38.1 Å². The molecule has 2 amide bonds. The third-order valence-corrected chi connectivity index (χ3v) is 4.24. The fourth-order valence-electron chi connectivity index (χ4n) is 2.78. The van der Waals surface area contributed by atoms with Gasteiger partial charge in [-0.1, -0.05) is 43.2 Å². The lowest BCUT2D eigenvalue weighted by Gasteiger charge is -2.25. The van der Waals surface area contributed by atoms with E-state index >= 15 is 0 Å². The second-order valence-electron chi connectivity index (χ2n) is 7.12. The molecule has 0 saturated heterocycles. The Bertz CT molecular complexity index is 694. The SMILES string of the molecule is Cc1cc(C)cc([C@@H](O)CNC(=O)NCC(C)(C)c2ccncc2)c1. The van der Waals surface area contributed by atoms with Gasteiger partial charge in [-0.3, -0.25) is 4.98 Å². The monoisotopic (exact) mass is 341 g/mol. The van der Waals surface area contributed by atoms with E-state index < -0.39 is 6.10 Å². The van der Waals surface area contributed by atoms with Crippen molar-refractivity contribution in [3.63, 3.8) is 0 Å². The lowest BCUT2D eigenvalue weighted by Crippen LogP contribution is -2.43. The number of nitrogens with zero attached hydrogens (tertiary/aromatic N) is 1. The summed E-state index contributed by atoms with van der Waals surface area (Å²) in [5.41, 5.74) is 3.91. The zero-order valence-electron chi connectivity index (χ0n) is 15.3. The van der Waals surface area contributed by atoms with Gasteiger partial charge >= 0.3 is 6.03 Å². The van der Waals surface area contributed by atoms with E-state index in [1.165, 1.54) is 0 Å². The summed E-state index contributed by atoms with van der Waals surface area (Å²) in [7, 11) is 0. The molecule has 2 aromatic rings. The molecule has 0 aliphatic heterocycles. The number of aryl methyl sites for hydroxylation is 2. The number of rotatable bonds is 6. The van der Waals surface area contributed by atoms with Crippen LogP contribution in [-0.4, -0.2) is 29.2 Å². The maximum absolute atomic E-state index is 12.0. The van der Waals surface area contributed by atoms with Crippen LogP contribution in [0.15, 0.2) is 42.7 Å². The van der Waals surface area contributed by atoms with E-state index in [0.29, 0.717) is 6.54 Å². The van der Waals surface area contributed by atoms with E-state index in [9.17, 15) is 9.90 Å². The van der Waals surface area contributed by atoms with Crippen molar-refractivity contribution in [3.05, 3.63) is 65.0 Å². The second kappa shape index (κ2) is 8.12. The molecule has 1 heterocycles. The highest BCUT2D eigenvalue weighted by atomic mass is 16.3. The number of carbonyl (C=O) groups excluding carboxylic acids is 1. The Morgan fingerprint density at radius 1 is 1.12 bits per heavy atom. The second-order valence-corrected chi connectivity index (χ2v) is 7.12. The summed E-state index contributed by atoms with van der Waals surface area (Å²) >= 11 is 0. The van der Waals surface area contributed by atoms with Gasteiger partial charge in [0.15, 0.2) is 0 Å². The first kappa shape index (κ1) is 18.9. The Hall–Kier alpha value is -2.40. The Balaban J connectivity index is 1.84. The lowest BCUT2D eigenvalue weighted by atomic mass is 9.85. The number of aliphatic hydroxyl groups excluding tert-OH is 1. The molecule has 0 bridgehead atoms. The van der Waals surface area contributed by atoms with Crippen LogP contribution < -0.4 is 10.6 Å². The average molecular weight is 341 g/mol. The van der Waals surface area contributed by atoms with E-state index in [2.05, 4.69) is 35.5 Å². The van der Waals surface area contributed by atoms with Gasteiger partial charge < -0.3 is 15.7 Å². The van der Waals surface area contributed by atoms with Gasteiger partial charge in [-0.15, -0.1) is 0 Å². The first-order valence-corrected chi connectivity index (χ1v) is 8.46. The fraction of sp³-hybridized carbons (Fsp3) is 0.400. The largest absolute Gasteiger partial charge is 0.387 e. The van der Waals surface area contributed by atoms with Crippen LogP contribution in [-0.2, 0) is 5.41 Å². The number of hydrogen-bond acceptors (Lipinski definition) is 3. The van der Waals surface area contributed by atoms with Gasteiger partial charge in [0.05, 0.1) is 6.10 Å². The lowest BCUT2D eigenvalue weighted by molar-refractivity contribution is 0.172. The molecular formula is C20H27N3O2. The Labute approximate surface area is 149 Å². The van der Waals surface area contributed by atoms with E-state index in [0.717, 1.165) is 22.3 Å². The van der Waals surface area contributed by atoms with Crippen molar-refractivity contribution in [2.75, 3.05) is 13.1 Å². The predicted molar refractivity (Wildman–Crippen MR) is 99.5 cm³/mol. The van der Waals surface area contributed by atoms with Crippen LogP contribution in [0.5, 0.6) is 0 Å². The fourth-order valence-corrected chi connectivity index (χ4v) is 2.78. The Morgan fingerprint density at radius 2 is 1.72 bits per heavy atom. The molecular weight excluding hydrogens is 314 g/mol. The summed E-state index contributed by atoms with van der Waals surface area (Å²) in [6.45, 7) is 8.77. The first-order chi connectivity index (χ1) is 11.8. The molecule has 0 aliphatic carbocycles. The molecule has 25 heavy (non-hydrogen) atoms. The van der Waals surface area contributed by atoms with Crippen molar-refractivity contribution < 1.29 is 9.90 Å². The summed E-state index contributed by atoms with van der Waals surface area (Å²) < 4.78 is 0. The highest BCUT2D eigenvalue weighted by Gasteiger charge is 2.21. The van der Waals surface area contributed by atoms with Gasteiger partial charge in [0.1, 0.15) is 0 Å². The van der Waals surface area contributed by atoms with E-state index in [1.54, 1.807) is 12.4 Å². The summed E-state index contributed by atoms with van der Waals surface area (Å²) in [6.07, 6.45) is 2.77. The highest BCUT2D eigenvalue weighted by molar-refractivity contribution is 5.74. The van der Waals surface area contributed by atoms with E-state index in [-0.39, 0.29) is 18.0 Å². The van der Waals surface area contributed by atoms with Gasteiger partial charge in [0.25, 0.3) is 0 Å². The van der Waals surface area contributed by atoms with Crippen molar-refractivity contribution in [2.45, 2.75) is 39.2 Å². The number of urea groups is 1. The van der Waals surface area contributed by atoms with Gasteiger partial charge in [-0.2, -0.15) is 0 Å². The number of pyridine rings is 1. The predicted octanol–water partition coefficient (Wildman–Crippen LogP) is 3.01. The number of carbonyl (C=O) groups is 1. The first-order valence-electron chi connectivity index (χ1n) is 8.46. The van der Waals surface area contributed by atoms with Crippen LogP contribution in [0, 0.1) is 13.8 Å². The maximum Gasteiger partial charge on any atom is 0.314 e. The zero-order chi connectivity index (χ0) is 18.4. The van der Waals surface area contributed by atoms with Crippen LogP contribution in [0.25, 0.3) is 0 Å². The minimum atomic E-state index is -0.724. The molecule has 0 aliphatic rings. The minimum Gasteiger partial charge on any atom is -0.387 e. The molecule has 3 N–H and O–H groups in total. The zero-order valence-corrected chi connectivity index (χ0v) is 15.3. The van der Waals surface area contributed by atoms with E-state index in [4.69, 9.17) is 0 Å². The number of benzene rings is 1. The molecule has 0 unspecified atom stereocenters. The number of aromatic nitrogens is 1. The van der Waals surface area contributed by atoms with Crippen LogP contribution in [0.4, 0.5) is 4.79 Å². The summed E-state index contributed by atoms with van der Waals surface area (Å²) in [6, 6.07) is 9.53. The number of nitrogens with one attached hydrogen (secondary N) is 2. The van der Waals surface area contributed by atoms with Crippen molar-refractivity contribution in [3.8, 4) is 0 Å². The molecule has 2 rings (SSSR count). The molecule has 134 valence electrons. The third kappa shape index (κ3) is 5.57. The molecule has 0 fully saturated rings. The standard InChI is InChI=1S/C20H27N3O2/c1-14-9-15(2)11-16(10-14)18(24)12-22-19(25)23-13-20(3,4)17-5-7-21-8-6-17/h5-11,18,24H,12-13H2,1-4H3,(H2,22,23,25)/t18-/m0/s1. The van der Waals surface area contributed by atoms with Gasteiger partial charge in [0.2, 0.25) is 0 Å². The van der Waals surface area contributed by atoms with Crippen molar-refractivity contribution in [2.24, 2.45) is 0 Å². The van der Waals surface area contributed by atoms with Crippen molar-refractivity contribution in [1.82, 2.24) is 15.6 Å². The molecule has 1 atom stereocenters. The molecule has 0 spiro atoms.